The number of aromatic nitrogens is 2. The van der Waals surface area contributed by atoms with Gasteiger partial charge in [0.15, 0.2) is 11.5 Å². The molecule has 43 heavy (non-hydrogen) atoms. The van der Waals surface area contributed by atoms with Gasteiger partial charge in [0, 0.05) is 25.2 Å². The number of aromatic hydroxyl groups is 1. The molecule has 0 radical (unpaired) electrons. The number of amides is 2. The van der Waals surface area contributed by atoms with Crippen molar-refractivity contribution in [3.05, 3.63) is 100 Å². The Morgan fingerprint density at radius 2 is 1.81 bits per heavy atom. The van der Waals surface area contributed by atoms with Crippen LogP contribution in [0.2, 0.25) is 0 Å². The number of benzene rings is 3. The fourth-order valence-electron chi connectivity index (χ4n) is 5.85. The molecule has 9 heteroatoms. The highest BCUT2D eigenvalue weighted by atomic mass is 16.5. The third kappa shape index (κ3) is 6.35. The van der Waals surface area contributed by atoms with Crippen molar-refractivity contribution >= 4 is 11.8 Å². The highest BCUT2D eigenvalue weighted by molar-refractivity contribution is 5.78. The van der Waals surface area contributed by atoms with Crippen molar-refractivity contribution in [2.24, 2.45) is 0 Å². The fourth-order valence-corrected chi connectivity index (χ4v) is 5.85. The summed E-state index contributed by atoms with van der Waals surface area (Å²) in [6.07, 6.45) is 2.20. The number of phenols is 1. The standard InChI is InChI=1S/C34H36N4O5/c1-22-18-23(2)38(36-22)21-33(41)37-16-14-26-20-28-10-11-29(26)34(37)25-6-8-27(9-7-25)42-17-3-15-35-32(40)13-5-24-4-12-30(39)31(19-24)43-28/h4,6-12,18-20,34,39H,3,5,13-17,21H2,1-2H3,(H,35,40). The maximum absolute atomic E-state index is 13.8. The van der Waals surface area contributed by atoms with Crippen LogP contribution >= 0.6 is 0 Å². The molecule has 4 aromatic rings. The maximum atomic E-state index is 13.8. The van der Waals surface area contributed by atoms with Crippen LogP contribution in [0.1, 0.15) is 52.5 Å². The van der Waals surface area contributed by atoms with Gasteiger partial charge in [-0.15, -0.1) is 0 Å². The van der Waals surface area contributed by atoms with Crippen LogP contribution in [0.5, 0.6) is 23.0 Å². The number of rotatable bonds is 2. The zero-order chi connectivity index (χ0) is 29.9. The molecule has 9 nitrogen and oxygen atoms in total. The summed E-state index contributed by atoms with van der Waals surface area (Å²) in [5.41, 5.74) is 5.82. The van der Waals surface area contributed by atoms with E-state index in [2.05, 4.69) is 10.4 Å². The molecule has 6 heterocycles. The van der Waals surface area contributed by atoms with E-state index >= 15 is 0 Å². The number of aryl methyl sites for hydroxylation is 3. The molecule has 2 amide bonds. The van der Waals surface area contributed by atoms with Crippen molar-refractivity contribution < 1.29 is 24.2 Å². The van der Waals surface area contributed by atoms with E-state index in [1.54, 1.807) is 22.9 Å². The Hall–Kier alpha value is -4.79. The van der Waals surface area contributed by atoms with Crippen molar-refractivity contribution in [2.45, 2.75) is 52.1 Å². The molecule has 0 spiro atoms. The topological polar surface area (TPSA) is 106 Å². The van der Waals surface area contributed by atoms with Gasteiger partial charge in [-0.3, -0.25) is 14.3 Å². The first-order valence-corrected chi connectivity index (χ1v) is 14.8. The number of carbonyl (C=O) groups excluding carboxylic acids is 2. The van der Waals surface area contributed by atoms with Crippen LogP contribution in [-0.2, 0) is 29.0 Å². The van der Waals surface area contributed by atoms with Crippen LogP contribution in [0.25, 0.3) is 0 Å². The van der Waals surface area contributed by atoms with Crippen molar-refractivity contribution in [3.63, 3.8) is 0 Å². The Balaban J connectivity index is 1.35. The quantitative estimate of drug-likeness (QED) is 0.346. The summed E-state index contributed by atoms with van der Waals surface area (Å²) in [7, 11) is 0. The van der Waals surface area contributed by atoms with Gasteiger partial charge in [-0.2, -0.15) is 5.10 Å². The van der Waals surface area contributed by atoms with Crippen LogP contribution < -0.4 is 14.8 Å². The second kappa shape index (κ2) is 12.2. The van der Waals surface area contributed by atoms with Gasteiger partial charge < -0.3 is 24.8 Å². The zero-order valence-electron chi connectivity index (χ0n) is 24.5. The predicted octanol–water partition coefficient (Wildman–Crippen LogP) is 5.00. The lowest BCUT2D eigenvalue weighted by Gasteiger charge is -2.38. The van der Waals surface area contributed by atoms with E-state index in [0.717, 1.165) is 39.4 Å². The summed E-state index contributed by atoms with van der Waals surface area (Å²) in [5, 5.41) is 18.0. The van der Waals surface area contributed by atoms with Gasteiger partial charge in [0.25, 0.3) is 0 Å². The monoisotopic (exact) mass is 580 g/mol. The number of phenolic OH excluding ortho intramolecular Hbond substituents is 1. The molecule has 5 aliphatic heterocycles. The SMILES string of the molecule is Cc1cc(C)n(CC(=O)N2CCc3cc4ccc3C2c2ccc(cc2)OCCCNC(=O)CCc2ccc(O)c(c2)O4)n1. The number of nitrogens with zero attached hydrogens (tertiary/aromatic N) is 3. The molecule has 3 aromatic carbocycles. The Morgan fingerprint density at radius 3 is 2.60 bits per heavy atom. The van der Waals surface area contributed by atoms with Crippen molar-refractivity contribution in [2.75, 3.05) is 19.7 Å². The number of carbonyl (C=O) groups is 2. The highest BCUT2D eigenvalue weighted by Crippen LogP contribution is 2.39. The van der Waals surface area contributed by atoms with E-state index in [9.17, 15) is 14.7 Å². The normalized spacial score (nSPS) is 17.0. The first kappa shape index (κ1) is 28.3. The summed E-state index contributed by atoms with van der Waals surface area (Å²) in [4.78, 5) is 28.1. The Labute approximate surface area is 251 Å². The first-order chi connectivity index (χ1) is 20.8. The lowest BCUT2D eigenvalue weighted by molar-refractivity contribution is -0.134. The molecule has 0 aliphatic carbocycles. The van der Waals surface area contributed by atoms with Gasteiger partial charge in [-0.05, 0) is 97.8 Å². The lowest BCUT2D eigenvalue weighted by Crippen LogP contribution is -2.42. The second-order valence-electron chi connectivity index (χ2n) is 11.2. The van der Waals surface area contributed by atoms with Gasteiger partial charge in [-0.1, -0.05) is 24.3 Å². The fraction of sp³-hybridized carbons (Fsp3) is 0.324. The summed E-state index contributed by atoms with van der Waals surface area (Å²) >= 11 is 0. The summed E-state index contributed by atoms with van der Waals surface area (Å²) in [6, 6.07) is 20.6. The molecule has 0 fully saturated rings. The average molecular weight is 581 g/mol. The molecule has 1 atom stereocenters. The van der Waals surface area contributed by atoms with Crippen LogP contribution in [-0.4, -0.2) is 51.3 Å². The van der Waals surface area contributed by atoms with Gasteiger partial charge >= 0.3 is 0 Å². The van der Waals surface area contributed by atoms with E-state index in [1.807, 2.05) is 67.3 Å². The van der Waals surface area contributed by atoms with Gasteiger partial charge in [0.1, 0.15) is 18.0 Å². The molecule has 2 N–H and O–H groups in total. The Bertz CT molecular complexity index is 1650. The first-order valence-electron chi connectivity index (χ1n) is 14.8. The van der Waals surface area contributed by atoms with Gasteiger partial charge in [-0.25, -0.2) is 0 Å². The van der Waals surface area contributed by atoms with Crippen LogP contribution in [0.15, 0.2) is 66.7 Å². The summed E-state index contributed by atoms with van der Waals surface area (Å²) in [5.74, 6) is 1.66. The van der Waals surface area contributed by atoms with E-state index in [-0.39, 0.29) is 30.2 Å². The number of nitrogens with one attached hydrogen (secondary N) is 1. The second-order valence-corrected chi connectivity index (χ2v) is 11.2. The largest absolute Gasteiger partial charge is 0.504 e. The van der Waals surface area contributed by atoms with E-state index < -0.39 is 0 Å². The molecule has 8 bridgehead atoms. The smallest absolute Gasteiger partial charge is 0.245 e. The average Bonchev–Trinajstić information content (AvgIpc) is 3.32. The molecule has 9 rings (SSSR count). The van der Waals surface area contributed by atoms with E-state index in [1.165, 1.54) is 0 Å². The molecule has 1 aromatic heterocycles. The van der Waals surface area contributed by atoms with Crippen LogP contribution in [0, 0.1) is 13.8 Å². The molecule has 0 saturated heterocycles. The predicted molar refractivity (Wildman–Crippen MR) is 161 cm³/mol. The molecule has 222 valence electrons. The van der Waals surface area contributed by atoms with E-state index in [4.69, 9.17) is 9.47 Å². The number of hydrogen-bond donors (Lipinski definition) is 2. The van der Waals surface area contributed by atoms with Crippen molar-refractivity contribution in [1.29, 1.82) is 0 Å². The lowest BCUT2D eigenvalue weighted by atomic mass is 9.88. The Morgan fingerprint density at radius 1 is 1.00 bits per heavy atom. The molecule has 1 unspecified atom stereocenters. The minimum Gasteiger partial charge on any atom is -0.504 e. The number of ether oxygens (including phenoxy) is 2. The third-order valence-corrected chi connectivity index (χ3v) is 8.05. The van der Waals surface area contributed by atoms with Crippen LogP contribution in [0.4, 0.5) is 0 Å². The minimum absolute atomic E-state index is 0.00295. The van der Waals surface area contributed by atoms with Gasteiger partial charge in [0.2, 0.25) is 11.8 Å². The Kier molecular flexibility index (Phi) is 8.05. The zero-order valence-corrected chi connectivity index (χ0v) is 24.5. The van der Waals surface area contributed by atoms with Crippen molar-refractivity contribution in [3.8, 4) is 23.0 Å². The highest BCUT2D eigenvalue weighted by Gasteiger charge is 2.33. The molecule has 0 saturated carbocycles. The summed E-state index contributed by atoms with van der Waals surface area (Å²) < 4.78 is 13.9. The van der Waals surface area contributed by atoms with Crippen LogP contribution in [0.3, 0.4) is 0 Å². The van der Waals surface area contributed by atoms with Crippen molar-refractivity contribution in [1.82, 2.24) is 20.0 Å². The summed E-state index contributed by atoms with van der Waals surface area (Å²) in [6.45, 7) is 5.59. The molecule has 5 aliphatic rings. The maximum Gasteiger partial charge on any atom is 0.245 e. The van der Waals surface area contributed by atoms with Gasteiger partial charge in [0.05, 0.1) is 18.3 Å². The molecular weight excluding hydrogens is 544 g/mol. The third-order valence-electron chi connectivity index (χ3n) is 8.05. The minimum atomic E-state index is -0.294. The van der Waals surface area contributed by atoms with E-state index in [0.29, 0.717) is 56.9 Å². The molecular formula is C34H36N4O5. The number of hydrogen-bond acceptors (Lipinski definition) is 6.